The number of nitrogens with one attached hydrogen (secondary N) is 1. The lowest BCUT2D eigenvalue weighted by molar-refractivity contribution is -0.385. The van der Waals surface area contributed by atoms with Gasteiger partial charge < -0.3 is 14.8 Å². The van der Waals surface area contributed by atoms with Crippen LogP contribution in [0, 0.1) is 10.1 Å². The lowest BCUT2D eigenvalue weighted by atomic mass is 10.1. The summed E-state index contributed by atoms with van der Waals surface area (Å²) in [7, 11) is 1.66. The van der Waals surface area contributed by atoms with E-state index in [0.717, 1.165) is 5.56 Å². The van der Waals surface area contributed by atoms with Crippen LogP contribution >= 0.6 is 12.2 Å². The second kappa shape index (κ2) is 7.79. The van der Waals surface area contributed by atoms with Crippen LogP contribution in [0.15, 0.2) is 47.6 Å². The number of rotatable bonds is 5. The van der Waals surface area contributed by atoms with E-state index in [1.54, 1.807) is 7.05 Å². The highest BCUT2D eigenvalue weighted by atomic mass is 32.1. The van der Waals surface area contributed by atoms with E-state index in [2.05, 4.69) is 10.4 Å². The number of nitrogens with zero attached hydrogens (tertiary/aromatic N) is 3. The second-order valence-electron chi connectivity index (χ2n) is 5.43. The van der Waals surface area contributed by atoms with Gasteiger partial charge >= 0.3 is 0 Å². The topological polar surface area (TPSA) is 89.2 Å². The SMILES string of the molecule is CN(/N=C\c1cc2c(cc1[N+](=O)[O-])OCO2)C(=S)NCc1ccccc1. The van der Waals surface area contributed by atoms with Crippen LogP contribution in [-0.4, -0.2) is 35.1 Å². The maximum Gasteiger partial charge on any atom is 0.282 e. The zero-order chi connectivity index (χ0) is 18.5. The summed E-state index contributed by atoms with van der Waals surface area (Å²) in [5, 5.41) is 20.3. The van der Waals surface area contributed by atoms with Gasteiger partial charge in [0.2, 0.25) is 6.79 Å². The summed E-state index contributed by atoms with van der Waals surface area (Å²) < 4.78 is 10.4. The molecule has 0 atom stereocenters. The summed E-state index contributed by atoms with van der Waals surface area (Å²) in [5.41, 5.74) is 1.27. The van der Waals surface area contributed by atoms with E-state index in [-0.39, 0.29) is 12.5 Å². The molecular formula is C17H16N4O4S. The normalized spacial score (nSPS) is 12.2. The Kier molecular flexibility index (Phi) is 5.28. The van der Waals surface area contributed by atoms with Crippen molar-refractivity contribution in [2.45, 2.75) is 6.54 Å². The maximum absolute atomic E-state index is 11.3. The predicted octanol–water partition coefficient (Wildman–Crippen LogP) is 2.66. The minimum atomic E-state index is -0.491. The molecule has 0 aromatic heterocycles. The van der Waals surface area contributed by atoms with Gasteiger partial charge in [0, 0.05) is 13.6 Å². The van der Waals surface area contributed by atoms with E-state index in [0.29, 0.717) is 28.7 Å². The predicted molar refractivity (Wildman–Crippen MR) is 100 cm³/mol. The van der Waals surface area contributed by atoms with Crippen LogP contribution in [0.5, 0.6) is 11.5 Å². The van der Waals surface area contributed by atoms with Gasteiger partial charge in [0.15, 0.2) is 16.6 Å². The quantitative estimate of drug-likeness (QED) is 0.373. The summed E-state index contributed by atoms with van der Waals surface area (Å²) in [6.45, 7) is 0.601. The van der Waals surface area contributed by atoms with Gasteiger partial charge in [-0.25, -0.2) is 5.01 Å². The molecule has 134 valence electrons. The van der Waals surface area contributed by atoms with E-state index in [1.807, 2.05) is 30.3 Å². The van der Waals surface area contributed by atoms with Crippen molar-refractivity contribution in [2.75, 3.05) is 13.8 Å². The Balaban J connectivity index is 1.68. The van der Waals surface area contributed by atoms with Crippen LogP contribution in [0.4, 0.5) is 5.69 Å². The molecule has 0 saturated heterocycles. The fourth-order valence-electron chi connectivity index (χ4n) is 2.30. The Bertz CT molecular complexity index is 857. The number of nitro benzene ring substituents is 1. The van der Waals surface area contributed by atoms with Crippen LogP contribution in [0.2, 0.25) is 0 Å². The van der Waals surface area contributed by atoms with E-state index >= 15 is 0 Å². The number of benzene rings is 2. The minimum Gasteiger partial charge on any atom is -0.454 e. The number of hydrogen-bond donors (Lipinski definition) is 1. The first-order valence-electron chi connectivity index (χ1n) is 7.72. The first-order chi connectivity index (χ1) is 12.5. The first-order valence-corrected chi connectivity index (χ1v) is 8.13. The number of thiocarbonyl (C=S) groups is 1. The van der Waals surface area contributed by atoms with Crippen molar-refractivity contribution in [1.29, 1.82) is 0 Å². The van der Waals surface area contributed by atoms with Crippen LogP contribution in [-0.2, 0) is 6.54 Å². The fourth-order valence-corrected chi connectivity index (χ4v) is 2.42. The molecule has 2 aromatic rings. The minimum absolute atomic E-state index is 0.0421. The average molecular weight is 372 g/mol. The van der Waals surface area contributed by atoms with E-state index in [1.165, 1.54) is 23.4 Å². The van der Waals surface area contributed by atoms with Gasteiger partial charge in [0.25, 0.3) is 5.69 Å². The van der Waals surface area contributed by atoms with Crippen molar-refractivity contribution in [2.24, 2.45) is 5.10 Å². The van der Waals surface area contributed by atoms with Crippen molar-refractivity contribution in [3.8, 4) is 11.5 Å². The molecule has 0 fully saturated rings. The summed E-state index contributed by atoms with van der Waals surface area (Å²) in [5.74, 6) is 0.798. The summed E-state index contributed by atoms with van der Waals surface area (Å²) in [6, 6.07) is 12.6. The Morgan fingerprint density at radius 3 is 2.73 bits per heavy atom. The highest BCUT2D eigenvalue weighted by molar-refractivity contribution is 7.80. The first kappa shape index (κ1) is 17.6. The highest BCUT2D eigenvalue weighted by Gasteiger charge is 2.22. The lowest BCUT2D eigenvalue weighted by Crippen LogP contribution is -2.33. The van der Waals surface area contributed by atoms with Crippen LogP contribution in [0.3, 0.4) is 0 Å². The fraction of sp³-hybridized carbons (Fsp3) is 0.176. The molecule has 1 aliphatic rings. The molecule has 1 N–H and O–H groups in total. The van der Waals surface area contributed by atoms with Gasteiger partial charge in [-0.2, -0.15) is 5.10 Å². The number of ether oxygens (including phenoxy) is 2. The molecule has 0 amide bonds. The molecule has 0 spiro atoms. The van der Waals surface area contributed by atoms with E-state index < -0.39 is 4.92 Å². The van der Waals surface area contributed by atoms with E-state index in [9.17, 15) is 10.1 Å². The summed E-state index contributed by atoms with van der Waals surface area (Å²) >= 11 is 5.28. The molecule has 9 heteroatoms. The zero-order valence-electron chi connectivity index (χ0n) is 13.9. The van der Waals surface area contributed by atoms with Crippen LogP contribution in [0.1, 0.15) is 11.1 Å². The van der Waals surface area contributed by atoms with Gasteiger partial charge in [0.05, 0.1) is 22.8 Å². The molecule has 8 nitrogen and oxygen atoms in total. The Hall–Kier alpha value is -3.20. The monoisotopic (exact) mass is 372 g/mol. The molecular weight excluding hydrogens is 356 g/mol. The molecule has 0 saturated carbocycles. The molecule has 0 unspecified atom stereocenters. The molecule has 0 aliphatic carbocycles. The van der Waals surface area contributed by atoms with Crippen molar-refractivity contribution in [1.82, 2.24) is 10.3 Å². The molecule has 2 aromatic carbocycles. The van der Waals surface area contributed by atoms with Crippen molar-refractivity contribution >= 4 is 29.2 Å². The van der Waals surface area contributed by atoms with Crippen molar-refractivity contribution < 1.29 is 14.4 Å². The number of fused-ring (bicyclic) bond motifs is 1. The van der Waals surface area contributed by atoms with Gasteiger partial charge in [-0.3, -0.25) is 10.1 Å². The van der Waals surface area contributed by atoms with E-state index in [4.69, 9.17) is 21.7 Å². The molecule has 1 aliphatic heterocycles. The lowest BCUT2D eigenvalue weighted by Gasteiger charge is -2.15. The third-order valence-electron chi connectivity index (χ3n) is 3.67. The summed E-state index contributed by atoms with van der Waals surface area (Å²) in [4.78, 5) is 10.8. The molecule has 1 heterocycles. The Labute approximate surface area is 155 Å². The number of nitro groups is 1. The summed E-state index contributed by atoms with van der Waals surface area (Å²) in [6.07, 6.45) is 1.37. The molecule has 3 rings (SSSR count). The standard InChI is InChI=1S/C17H16N4O4S/c1-20(17(26)18-9-12-5-3-2-4-6-12)19-10-13-7-15-16(25-11-24-15)8-14(13)21(22)23/h2-8,10H,9,11H2,1H3,(H,18,26)/b19-10-. The number of hydrogen-bond acceptors (Lipinski definition) is 6. The largest absolute Gasteiger partial charge is 0.454 e. The van der Waals surface area contributed by atoms with Gasteiger partial charge in [-0.15, -0.1) is 0 Å². The van der Waals surface area contributed by atoms with Gasteiger partial charge in [-0.05, 0) is 23.8 Å². The Morgan fingerprint density at radius 2 is 2.04 bits per heavy atom. The van der Waals surface area contributed by atoms with Crippen LogP contribution < -0.4 is 14.8 Å². The van der Waals surface area contributed by atoms with Crippen molar-refractivity contribution in [3.63, 3.8) is 0 Å². The molecule has 26 heavy (non-hydrogen) atoms. The van der Waals surface area contributed by atoms with Crippen LogP contribution in [0.25, 0.3) is 0 Å². The third kappa shape index (κ3) is 4.06. The molecule has 0 radical (unpaired) electrons. The second-order valence-corrected chi connectivity index (χ2v) is 5.82. The number of hydrazone groups is 1. The smallest absolute Gasteiger partial charge is 0.282 e. The average Bonchev–Trinajstić information content (AvgIpc) is 3.11. The van der Waals surface area contributed by atoms with Gasteiger partial charge in [-0.1, -0.05) is 30.3 Å². The van der Waals surface area contributed by atoms with Gasteiger partial charge in [0.1, 0.15) is 0 Å². The zero-order valence-corrected chi connectivity index (χ0v) is 14.7. The third-order valence-corrected chi connectivity index (χ3v) is 4.08. The van der Waals surface area contributed by atoms with Crippen molar-refractivity contribution in [3.05, 3.63) is 63.7 Å². The molecule has 0 bridgehead atoms. The highest BCUT2D eigenvalue weighted by Crippen LogP contribution is 2.37. The maximum atomic E-state index is 11.3. The Morgan fingerprint density at radius 1 is 1.35 bits per heavy atom.